The summed E-state index contributed by atoms with van der Waals surface area (Å²) in [6.45, 7) is 0. The van der Waals surface area contributed by atoms with E-state index in [0.29, 0.717) is 22.5 Å². The van der Waals surface area contributed by atoms with Crippen molar-refractivity contribution in [3.63, 3.8) is 0 Å². The lowest BCUT2D eigenvalue weighted by molar-refractivity contribution is -0.211. The van der Waals surface area contributed by atoms with E-state index in [9.17, 15) is 23.1 Å². The summed E-state index contributed by atoms with van der Waals surface area (Å²) in [5.41, 5.74) is 2.42. The smallest absolute Gasteiger partial charge is 0.382 e. The number of nitrogens with one attached hydrogen (secondary N) is 1. The van der Waals surface area contributed by atoms with Gasteiger partial charge in [-0.05, 0) is 60.5 Å². The highest BCUT2D eigenvalue weighted by atomic mass is 19.4. The molecule has 0 aromatic heterocycles. The minimum absolute atomic E-state index is 0.125. The number of aliphatic hydroxyl groups excluding tert-OH is 1. The molecule has 0 aliphatic heterocycles. The monoisotopic (exact) mass is 451 g/mol. The van der Waals surface area contributed by atoms with Crippen molar-refractivity contribution in [2.24, 2.45) is 10.2 Å². The first-order valence-electron chi connectivity index (χ1n) is 9.94. The number of hydrogen-bond donors (Lipinski definition) is 2. The highest BCUT2D eigenvalue weighted by Gasteiger charge is 2.44. The van der Waals surface area contributed by atoms with Crippen molar-refractivity contribution in [1.82, 2.24) is 5.32 Å². The van der Waals surface area contributed by atoms with Crippen LogP contribution in [0.1, 0.15) is 21.5 Å². The average molecular weight is 451 g/mol. The van der Waals surface area contributed by atoms with E-state index in [1.165, 1.54) is 24.3 Å². The largest absolute Gasteiger partial charge is 0.416 e. The molecule has 0 aliphatic rings. The van der Waals surface area contributed by atoms with Crippen molar-refractivity contribution >= 4 is 17.3 Å². The van der Waals surface area contributed by atoms with Crippen LogP contribution in [0.2, 0.25) is 0 Å². The molecular weight excluding hydrogens is 431 g/mol. The maximum Gasteiger partial charge on any atom is 0.416 e. The van der Waals surface area contributed by atoms with Crippen LogP contribution in [-0.4, -0.2) is 29.3 Å². The summed E-state index contributed by atoms with van der Waals surface area (Å²) in [7, 11) is 0. The van der Waals surface area contributed by atoms with Crippen LogP contribution in [-0.2, 0) is 6.42 Å². The minimum Gasteiger partial charge on any atom is -0.382 e. The van der Waals surface area contributed by atoms with Crippen LogP contribution in [0.15, 0.2) is 89.1 Å². The summed E-state index contributed by atoms with van der Waals surface area (Å²) < 4.78 is 39.4. The van der Waals surface area contributed by atoms with Gasteiger partial charge in [-0.3, -0.25) is 4.79 Å². The van der Waals surface area contributed by atoms with Crippen LogP contribution in [0.25, 0.3) is 0 Å². The summed E-state index contributed by atoms with van der Waals surface area (Å²) in [6.07, 6.45) is -2.47. The molecule has 1 amide bonds. The molecule has 8 heteroatoms. The number of nitrogens with zero attached hydrogens (tertiary/aromatic N) is 2. The van der Waals surface area contributed by atoms with E-state index in [4.69, 9.17) is 6.42 Å². The number of azo groups is 1. The topological polar surface area (TPSA) is 74.0 Å². The van der Waals surface area contributed by atoms with Crippen molar-refractivity contribution in [3.05, 3.63) is 95.6 Å². The van der Waals surface area contributed by atoms with Crippen molar-refractivity contribution in [3.8, 4) is 12.3 Å². The molecule has 0 fully saturated rings. The molecule has 33 heavy (non-hydrogen) atoms. The van der Waals surface area contributed by atoms with Gasteiger partial charge in [-0.1, -0.05) is 36.3 Å². The van der Waals surface area contributed by atoms with Crippen molar-refractivity contribution in [1.29, 1.82) is 0 Å². The van der Waals surface area contributed by atoms with Gasteiger partial charge >= 0.3 is 6.18 Å². The van der Waals surface area contributed by atoms with Crippen LogP contribution in [0.4, 0.5) is 24.5 Å². The first kappa shape index (κ1) is 23.7. The van der Waals surface area contributed by atoms with E-state index < -0.39 is 24.2 Å². The molecule has 0 heterocycles. The van der Waals surface area contributed by atoms with Gasteiger partial charge in [0.1, 0.15) is 0 Å². The first-order valence-corrected chi connectivity index (χ1v) is 9.94. The number of rotatable bonds is 7. The van der Waals surface area contributed by atoms with Crippen LogP contribution < -0.4 is 5.32 Å². The van der Waals surface area contributed by atoms with Crippen LogP contribution >= 0.6 is 0 Å². The Balaban J connectivity index is 1.70. The molecule has 3 aromatic rings. The molecule has 168 valence electrons. The Morgan fingerprint density at radius 1 is 0.939 bits per heavy atom. The highest BCUT2D eigenvalue weighted by Crippen LogP contribution is 2.25. The van der Waals surface area contributed by atoms with E-state index in [1.807, 2.05) is 0 Å². The zero-order valence-corrected chi connectivity index (χ0v) is 17.3. The fourth-order valence-corrected chi connectivity index (χ4v) is 3.01. The van der Waals surface area contributed by atoms with Gasteiger partial charge in [0, 0.05) is 11.1 Å². The Bertz CT molecular complexity index is 1140. The number of halogens is 3. The van der Waals surface area contributed by atoms with Gasteiger partial charge < -0.3 is 10.4 Å². The lowest BCUT2D eigenvalue weighted by Gasteiger charge is -2.26. The molecule has 2 atom stereocenters. The van der Waals surface area contributed by atoms with Gasteiger partial charge in [0.25, 0.3) is 5.91 Å². The number of carbonyl (C=O) groups excluding carboxylic acids is 1. The second-order valence-corrected chi connectivity index (χ2v) is 7.19. The Hall–Kier alpha value is -3.96. The molecule has 3 rings (SSSR count). The third kappa shape index (κ3) is 6.76. The Kier molecular flexibility index (Phi) is 7.59. The Labute approximate surface area is 189 Å². The maximum absolute atomic E-state index is 13.1. The molecule has 0 aliphatic carbocycles. The van der Waals surface area contributed by atoms with Gasteiger partial charge in [0.15, 0.2) is 6.10 Å². The third-order valence-electron chi connectivity index (χ3n) is 4.78. The number of aliphatic hydroxyl groups is 1. The highest BCUT2D eigenvalue weighted by molar-refractivity contribution is 5.94. The van der Waals surface area contributed by atoms with Crippen LogP contribution in [0, 0.1) is 12.3 Å². The van der Waals surface area contributed by atoms with Crippen molar-refractivity contribution < 1.29 is 23.1 Å². The third-order valence-corrected chi connectivity index (χ3v) is 4.78. The molecule has 2 N–H and O–H groups in total. The molecular formula is C25H20F3N3O2. The van der Waals surface area contributed by atoms with E-state index in [2.05, 4.69) is 21.5 Å². The second kappa shape index (κ2) is 10.6. The van der Waals surface area contributed by atoms with E-state index >= 15 is 0 Å². The fourth-order valence-electron chi connectivity index (χ4n) is 3.01. The van der Waals surface area contributed by atoms with Crippen LogP contribution in [0.3, 0.4) is 0 Å². The quantitative estimate of drug-likeness (QED) is 0.376. The van der Waals surface area contributed by atoms with E-state index in [1.54, 1.807) is 54.6 Å². The number of benzene rings is 3. The SMILES string of the molecule is C#Cc1ccc(N=Nc2ccc(C(=O)NC(Cc3ccccc3)C(O)C(F)(F)F)cc2)cc1. The van der Waals surface area contributed by atoms with Gasteiger partial charge in [0.2, 0.25) is 0 Å². The average Bonchev–Trinajstić information content (AvgIpc) is 2.82. The zero-order valence-electron chi connectivity index (χ0n) is 17.3. The van der Waals surface area contributed by atoms with Gasteiger partial charge in [-0.15, -0.1) is 6.42 Å². The van der Waals surface area contributed by atoms with Gasteiger partial charge in [-0.2, -0.15) is 23.4 Å². The Morgan fingerprint density at radius 2 is 1.48 bits per heavy atom. The van der Waals surface area contributed by atoms with Gasteiger partial charge in [-0.25, -0.2) is 0 Å². The number of amides is 1. The number of terminal acetylenes is 1. The summed E-state index contributed by atoms with van der Waals surface area (Å²) in [4.78, 5) is 12.6. The molecule has 0 spiro atoms. The van der Waals surface area contributed by atoms with Crippen molar-refractivity contribution in [2.45, 2.75) is 24.7 Å². The second-order valence-electron chi connectivity index (χ2n) is 7.19. The first-order chi connectivity index (χ1) is 15.8. The lowest BCUT2D eigenvalue weighted by Crippen LogP contribution is -2.51. The van der Waals surface area contributed by atoms with Gasteiger partial charge in [0.05, 0.1) is 17.4 Å². The number of alkyl halides is 3. The van der Waals surface area contributed by atoms with E-state index in [0.717, 1.165) is 0 Å². The number of carbonyl (C=O) groups is 1. The maximum atomic E-state index is 13.1. The predicted octanol–water partition coefficient (Wildman–Crippen LogP) is 5.35. The van der Waals surface area contributed by atoms with Crippen LogP contribution in [0.5, 0.6) is 0 Å². The molecule has 0 bridgehead atoms. The predicted molar refractivity (Wildman–Crippen MR) is 118 cm³/mol. The Morgan fingerprint density at radius 3 is 2.00 bits per heavy atom. The van der Waals surface area contributed by atoms with E-state index in [-0.39, 0.29) is 12.0 Å². The molecule has 0 saturated carbocycles. The summed E-state index contributed by atoms with van der Waals surface area (Å²) >= 11 is 0. The zero-order chi connectivity index (χ0) is 23.8. The molecule has 5 nitrogen and oxygen atoms in total. The fraction of sp³-hybridized carbons (Fsp3) is 0.160. The summed E-state index contributed by atoms with van der Waals surface area (Å²) in [5.74, 6) is 1.76. The summed E-state index contributed by atoms with van der Waals surface area (Å²) in [6, 6.07) is 19.5. The number of hydrogen-bond acceptors (Lipinski definition) is 4. The molecule has 0 saturated heterocycles. The molecule has 3 aromatic carbocycles. The summed E-state index contributed by atoms with van der Waals surface area (Å²) in [5, 5.41) is 20.2. The standard InChI is InChI=1S/C25H20F3N3O2/c1-2-17-8-12-20(13-9-17)30-31-21-14-10-19(11-15-21)24(33)29-22(23(32)25(26,27)28)16-18-6-4-3-5-7-18/h1,3-15,22-23,32H,16H2,(H,29,33). The lowest BCUT2D eigenvalue weighted by atomic mass is 10.00. The molecule has 0 radical (unpaired) electrons. The van der Waals surface area contributed by atoms with Crippen molar-refractivity contribution in [2.75, 3.05) is 0 Å². The normalized spacial score (nSPS) is 13.3. The minimum atomic E-state index is -4.88. The molecule has 2 unspecified atom stereocenters.